The van der Waals surface area contributed by atoms with Crippen LogP contribution in [0.1, 0.15) is 16.8 Å². The van der Waals surface area contributed by atoms with Gasteiger partial charge in [-0.1, -0.05) is 66.4 Å². The molecule has 0 aliphatic heterocycles. The van der Waals surface area contributed by atoms with Gasteiger partial charge in [0, 0.05) is 13.0 Å². The Kier molecular flexibility index (Phi) is 6.35. The third-order valence-corrected chi connectivity index (χ3v) is 5.57. The van der Waals surface area contributed by atoms with Crippen LogP contribution in [-0.2, 0) is 17.8 Å². The highest BCUT2D eigenvalue weighted by Crippen LogP contribution is 2.24. The average molecular weight is 418 g/mol. The van der Waals surface area contributed by atoms with Gasteiger partial charge in [-0.25, -0.2) is 14.4 Å². The molecule has 0 aliphatic rings. The fraction of sp³-hybridized carbons (Fsp3) is 0.125. The maximum Gasteiger partial charge on any atom is 0.230 e. The van der Waals surface area contributed by atoms with Crippen molar-refractivity contribution in [3.63, 3.8) is 0 Å². The molecule has 1 aromatic heterocycles. The van der Waals surface area contributed by atoms with Gasteiger partial charge in [0.25, 0.3) is 0 Å². The zero-order valence-corrected chi connectivity index (χ0v) is 17.0. The van der Waals surface area contributed by atoms with Gasteiger partial charge < -0.3 is 5.32 Å². The molecular formula is C24H20FN3OS. The van der Waals surface area contributed by atoms with Gasteiger partial charge in [-0.05, 0) is 35.4 Å². The van der Waals surface area contributed by atoms with Gasteiger partial charge in [0.15, 0.2) is 0 Å². The molecule has 4 rings (SSSR count). The van der Waals surface area contributed by atoms with E-state index in [-0.39, 0.29) is 17.5 Å². The van der Waals surface area contributed by atoms with Crippen LogP contribution in [0, 0.1) is 5.82 Å². The summed E-state index contributed by atoms with van der Waals surface area (Å²) in [5.74, 6) is -0.165. The number of thioether (sulfide) groups is 1. The van der Waals surface area contributed by atoms with Gasteiger partial charge >= 0.3 is 0 Å². The molecule has 0 saturated carbocycles. The van der Waals surface area contributed by atoms with E-state index in [9.17, 15) is 9.18 Å². The minimum Gasteiger partial charge on any atom is -0.351 e. The number of benzene rings is 3. The predicted octanol–water partition coefficient (Wildman–Crippen LogP) is 4.77. The fourth-order valence-electron chi connectivity index (χ4n) is 3.03. The first-order chi connectivity index (χ1) is 14.7. The molecule has 4 aromatic rings. The Labute approximate surface area is 178 Å². The number of rotatable bonds is 7. The first kappa shape index (κ1) is 20.0. The van der Waals surface area contributed by atoms with Crippen LogP contribution in [0.25, 0.3) is 11.0 Å². The molecule has 0 spiro atoms. The highest BCUT2D eigenvalue weighted by atomic mass is 32.2. The molecule has 3 aromatic carbocycles. The molecule has 4 nitrogen and oxygen atoms in total. The molecule has 1 heterocycles. The number of para-hydroxylation sites is 2. The Hall–Kier alpha value is -3.25. The van der Waals surface area contributed by atoms with Crippen LogP contribution < -0.4 is 5.32 Å². The topological polar surface area (TPSA) is 54.9 Å². The smallest absolute Gasteiger partial charge is 0.230 e. The van der Waals surface area contributed by atoms with Crippen molar-refractivity contribution in [2.75, 3.05) is 5.75 Å². The van der Waals surface area contributed by atoms with Crippen molar-refractivity contribution in [3.05, 3.63) is 102 Å². The minimum absolute atomic E-state index is 0.107. The number of hydrogen-bond acceptors (Lipinski definition) is 4. The second-order valence-electron chi connectivity index (χ2n) is 6.82. The molecule has 1 N–H and O–H groups in total. The van der Waals surface area contributed by atoms with E-state index in [4.69, 9.17) is 9.97 Å². The van der Waals surface area contributed by atoms with Gasteiger partial charge in [0.2, 0.25) is 5.91 Å². The summed E-state index contributed by atoms with van der Waals surface area (Å²) >= 11 is 1.38. The Balaban J connectivity index is 1.47. The van der Waals surface area contributed by atoms with Crippen LogP contribution in [0.5, 0.6) is 0 Å². The first-order valence-corrected chi connectivity index (χ1v) is 10.6. The van der Waals surface area contributed by atoms with E-state index < -0.39 is 0 Å². The third-order valence-electron chi connectivity index (χ3n) is 4.56. The number of carbonyl (C=O) groups excluding carboxylic acids is 1. The Bertz CT molecular complexity index is 1150. The number of fused-ring (bicyclic) bond motifs is 1. The molecular weight excluding hydrogens is 397 g/mol. The lowest BCUT2D eigenvalue weighted by Crippen LogP contribution is -2.24. The van der Waals surface area contributed by atoms with E-state index in [2.05, 4.69) is 17.4 Å². The lowest BCUT2D eigenvalue weighted by molar-refractivity contribution is -0.118. The quantitative estimate of drug-likeness (QED) is 0.440. The molecule has 0 aliphatic carbocycles. The molecule has 0 saturated heterocycles. The molecule has 1 amide bonds. The lowest BCUT2D eigenvalue weighted by atomic mass is 10.1. The maximum atomic E-state index is 13.0. The number of carbonyl (C=O) groups is 1. The van der Waals surface area contributed by atoms with E-state index >= 15 is 0 Å². The van der Waals surface area contributed by atoms with Crippen molar-refractivity contribution in [1.82, 2.24) is 15.3 Å². The Morgan fingerprint density at radius 2 is 1.50 bits per heavy atom. The molecule has 0 bridgehead atoms. The van der Waals surface area contributed by atoms with Gasteiger partial charge in [-0.3, -0.25) is 4.79 Å². The Morgan fingerprint density at radius 1 is 0.833 bits per heavy atom. The van der Waals surface area contributed by atoms with Gasteiger partial charge in [-0.2, -0.15) is 0 Å². The van der Waals surface area contributed by atoms with Gasteiger partial charge in [-0.15, -0.1) is 0 Å². The normalized spacial score (nSPS) is 10.8. The van der Waals surface area contributed by atoms with Crippen molar-refractivity contribution >= 4 is 28.7 Å². The lowest BCUT2D eigenvalue weighted by Gasteiger charge is -2.10. The molecule has 0 atom stereocenters. The summed E-state index contributed by atoms with van der Waals surface area (Å²) < 4.78 is 13.0. The second kappa shape index (κ2) is 9.50. The van der Waals surface area contributed by atoms with E-state index in [1.165, 1.54) is 23.9 Å². The highest BCUT2D eigenvalue weighted by Gasteiger charge is 2.12. The van der Waals surface area contributed by atoms with Crippen molar-refractivity contribution in [3.8, 4) is 0 Å². The van der Waals surface area contributed by atoms with Crippen LogP contribution >= 0.6 is 11.8 Å². The fourth-order valence-corrected chi connectivity index (χ4v) is 3.85. The first-order valence-electron chi connectivity index (χ1n) is 9.61. The summed E-state index contributed by atoms with van der Waals surface area (Å²) in [5.41, 5.74) is 4.50. The number of amides is 1. The van der Waals surface area contributed by atoms with E-state index in [1.54, 1.807) is 12.1 Å². The highest BCUT2D eigenvalue weighted by molar-refractivity contribution is 7.99. The number of nitrogens with one attached hydrogen (secondary N) is 1. The summed E-state index contributed by atoms with van der Waals surface area (Å²) in [5, 5.41) is 3.62. The number of hydrogen-bond donors (Lipinski definition) is 1. The van der Waals surface area contributed by atoms with E-state index in [0.717, 1.165) is 32.9 Å². The number of nitrogens with zero attached hydrogens (tertiary/aromatic N) is 2. The minimum atomic E-state index is -0.290. The summed E-state index contributed by atoms with van der Waals surface area (Å²) in [7, 11) is 0. The molecule has 150 valence electrons. The largest absolute Gasteiger partial charge is 0.351 e. The summed E-state index contributed by atoms with van der Waals surface area (Å²) in [6, 6.07) is 23.9. The number of halogens is 1. The van der Waals surface area contributed by atoms with Crippen molar-refractivity contribution < 1.29 is 9.18 Å². The van der Waals surface area contributed by atoms with Crippen LogP contribution in [0.3, 0.4) is 0 Å². The zero-order chi connectivity index (χ0) is 20.8. The summed E-state index contributed by atoms with van der Waals surface area (Å²) in [4.78, 5) is 21.9. The average Bonchev–Trinajstić information content (AvgIpc) is 2.78. The molecule has 6 heteroatoms. The SMILES string of the molecule is O=C(CSc1nc2ccccc2nc1Cc1ccccc1)NCc1ccc(F)cc1. The zero-order valence-electron chi connectivity index (χ0n) is 16.2. The van der Waals surface area contributed by atoms with Crippen LogP contribution in [0.4, 0.5) is 4.39 Å². The molecule has 0 fully saturated rings. The molecule has 30 heavy (non-hydrogen) atoms. The summed E-state index contributed by atoms with van der Waals surface area (Å²) in [6.45, 7) is 0.361. The third kappa shape index (κ3) is 5.21. The standard InChI is InChI=1S/C24H20FN3OS/c25-19-12-10-18(11-13-19)15-26-23(29)16-30-24-22(14-17-6-2-1-3-7-17)27-20-8-4-5-9-21(20)28-24/h1-13H,14-16H2,(H,26,29). The van der Waals surface area contributed by atoms with Crippen molar-refractivity contribution in [2.45, 2.75) is 18.0 Å². The maximum absolute atomic E-state index is 13.0. The van der Waals surface area contributed by atoms with Crippen LogP contribution in [-0.4, -0.2) is 21.6 Å². The van der Waals surface area contributed by atoms with Gasteiger partial charge in [0.05, 0.1) is 22.5 Å². The van der Waals surface area contributed by atoms with E-state index in [1.807, 2.05) is 42.5 Å². The predicted molar refractivity (Wildman–Crippen MR) is 118 cm³/mol. The van der Waals surface area contributed by atoms with Crippen LogP contribution in [0.15, 0.2) is 83.9 Å². The Morgan fingerprint density at radius 3 is 2.23 bits per heavy atom. The molecule has 0 radical (unpaired) electrons. The van der Waals surface area contributed by atoms with Gasteiger partial charge in [0.1, 0.15) is 10.8 Å². The summed E-state index contributed by atoms with van der Waals surface area (Å²) in [6.07, 6.45) is 0.651. The van der Waals surface area contributed by atoms with Crippen LogP contribution in [0.2, 0.25) is 0 Å². The number of aromatic nitrogens is 2. The van der Waals surface area contributed by atoms with E-state index in [0.29, 0.717) is 13.0 Å². The molecule has 0 unspecified atom stereocenters. The monoisotopic (exact) mass is 417 g/mol. The van der Waals surface area contributed by atoms with Crippen molar-refractivity contribution in [1.29, 1.82) is 0 Å². The second-order valence-corrected chi connectivity index (χ2v) is 7.78. The van der Waals surface area contributed by atoms with Crippen molar-refractivity contribution in [2.24, 2.45) is 0 Å².